The summed E-state index contributed by atoms with van der Waals surface area (Å²) in [5.41, 5.74) is 1.81. The Balaban J connectivity index is 2.14. The van der Waals surface area contributed by atoms with E-state index in [1.165, 1.54) is 17.0 Å². The molecule has 0 atom stereocenters. The predicted molar refractivity (Wildman–Crippen MR) is 98.0 cm³/mol. The first kappa shape index (κ1) is 16.6. The van der Waals surface area contributed by atoms with Crippen molar-refractivity contribution in [1.29, 1.82) is 0 Å². The van der Waals surface area contributed by atoms with Gasteiger partial charge in [0, 0.05) is 17.4 Å². The molecule has 1 aromatic heterocycles. The molecule has 1 N–H and O–H groups in total. The van der Waals surface area contributed by atoms with Gasteiger partial charge in [0.25, 0.3) is 0 Å². The molecule has 0 amide bonds. The van der Waals surface area contributed by atoms with Crippen LogP contribution in [-0.4, -0.2) is 34.4 Å². The minimum Gasteiger partial charge on any atom is -0.477 e. The Kier molecular flexibility index (Phi) is 4.13. The van der Waals surface area contributed by atoms with E-state index in [-0.39, 0.29) is 11.5 Å². The lowest BCUT2D eigenvalue weighted by Crippen LogP contribution is -2.09. The average Bonchev–Trinajstić information content (AvgIpc) is 2.85. The van der Waals surface area contributed by atoms with Crippen LogP contribution in [0.2, 0.25) is 0 Å². The van der Waals surface area contributed by atoms with E-state index >= 15 is 0 Å². The maximum absolute atomic E-state index is 13.4. The van der Waals surface area contributed by atoms with E-state index in [4.69, 9.17) is 0 Å². The number of rotatable bonds is 4. The van der Waals surface area contributed by atoms with Gasteiger partial charge in [0.15, 0.2) is 0 Å². The van der Waals surface area contributed by atoms with E-state index in [1.54, 1.807) is 22.8 Å². The Hall–Kier alpha value is -2.27. The zero-order valence-corrected chi connectivity index (χ0v) is 14.7. The van der Waals surface area contributed by atoms with E-state index in [2.05, 4.69) is 30.9 Å². The van der Waals surface area contributed by atoms with Crippen LogP contribution in [0.3, 0.4) is 0 Å². The van der Waals surface area contributed by atoms with Crippen molar-refractivity contribution in [3.63, 3.8) is 0 Å². The van der Waals surface area contributed by atoms with E-state index in [1.807, 2.05) is 6.07 Å². The lowest BCUT2D eigenvalue weighted by molar-refractivity contribution is 0.0686. The second kappa shape index (κ2) is 5.98. The molecule has 0 aliphatic rings. The molecule has 3 rings (SSSR count). The Bertz CT molecular complexity index is 925. The Labute approximate surface area is 142 Å². The third-order valence-corrected chi connectivity index (χ3v) is 5.70. The summed E-state index contributed by atoms with van der Waals surface area (Å²) in [6.45, 7) is 0.324. The van der Waals surface area contributed by atoms with Crippen LogP contribution < -0.4 is 0 Å². The molecule has 3 aromatic rings. The van der Waals surface area contributed by atoms with Crippen LogP contribution >= 0.6 is 10.0 Å². The highest BCUT2D eigenvalue weighted by atomic mass is 32.3. The van der Waals surface area contributed by atoms with Gasteiger partial charge in [-0.1, -0.05) is 12.1 Å². The van der Waals surface area contributed by atoms with Crippen LogP contribution in [-0.2, 0) is 6.54 Å². The second-order valence-electron chi connectivity index (χ2n) is 6.61. The number of halogens is 1. The number of hydrogen-bond acceptors (Lipinski definition) is 1. The molecule has 24 heavy (non-hydrogen) atoms. The minimum absolute atomic E-state index is 0.218. The third-order valence-electron chi connectivity index (χ3n) is 4.03. The smallest absolute Gasteiger partial charge is 0.352 e. The van der Waals surface area contributed by atoms with E-state index in [0.29, 0.717) is 6.54 Å². The molecule has 0 aliphatic heterocycles. The molecule has 0 saturated carbocycles. The monoisotopic (exact) mass is 345 g/mol. The zero-order chi connectivity index (χ0) is 17.5. The van der Waals surface area contributed by atoms with Crippen molar-refractivity contribution in [2.24, 2.45) is 0 Å². The average molecular weight is 345 g/mol. The minimum atomic E-state index is -0.979. The first-order valence-corrected chi connectivity index (χ1v) is 10.4. The number of benzene rings is 2. The van der Waals surface area contributed by atoms with Crippen molar-refractivity contribution in [2.45, 2.75) is 11.4 Å². The van der Waals surface area contributed by atoms with Gasteiger partial charge >= 0.3 is 5.97 Å². The zero-order valence-electron chi connectivity index (χ0n) is 13.9. The fourth-order valence-electron chi connectivity index (χ4n) is 2.80. The fraction of sp³-hybridized carbons (Fsp3) is 0.211. The van der Waals surface area contributed by atoms with Gasteiger partial charge in [-0.05, 0) is 65.6 Å². The number of hydrogen-bond donors (Lipinski definition) is 1. The molecule has 0 aliphatic carbocycles. The van der Waals surface area contributed by atoms with Crippen molar-refractivity contribution < 1.29 is 14.3 Å². The number of fused-ring (bicyclic) bond motifs is 1. The van der Waals surface area contributed by atoms with Gasteiger partial charge in [0.1, 0.15) is 11.5 Å². The van der Waals surface area contributed by atoms with Gasteiger partial charge in [0.2, 0.25) is 0 Å². The quantitative estimate of drug-likeness (QED) is 0.752. The lowest BCUT2D eigenvalue weighted by Gasteiger charge is -2.25. The highest BCUT2D eigenvalue weighted by molar-refractivity contribution is 8.32. The standard InChI is InChI=1S/C19H20FNO2S/c1-24(2,3)16-7-8-17-14(10-16)11-18(19(22)23)21(17)12-13-5-4-6-15(20)9-13/h4-11H,12H2,1-3H3,(H,22,23). The van der Waals surface area contributed by atoms with Crippen LogP contribution in [0, 0.1) is 5.82 Å². The van der Waals surface area contributed by atoms with E-state index in [0.717, 1.165) is 16.5 Å². The molecule has 0 fully saturated rings. The fourth-order valence-corrected chi connectivity index (χ4v) is 3.75. The van der Waals surface area contributed by atoms with E-state index in [9.17, 15) is 14.3 Å². The first-order valence-electron chi connectivity index (χ1n) is 7.55. The number of aromatic carboxylic acids is 1. The van der Waals surface area contributed by atoms with Crippen LogP contribution in [0.5, 0.6) is 0 Å². The molecule has 2 aromatic carbocycles. The van der Waals surface area contributed by atoms with Crippen LogP contribution in [0.25, 0.3) is 10.9 Å². The molecule has 5 heteroatoms. The molecular formula is C19H20FNO2S. The molecular weight excluding hydrogens is 325 g/mol. The van der Waals surface area contributed by atoms with Crippen LogP contribution in [0.15, 0.2) is 53.4 Å². The number of nitrogens with zero attached hydrogens (tertiary/aromatic N) is 1. The number of carbonyl (C=O) groups is 1. The van der Waals surface area contributed by atoms with Gasteiger partial charge in [-0.3, -0.25) is 0 Å². The number of carboxylic acids is 1. The summed E-state index contributed by atoms with van der Waals surface area (Å²) in [5.74, 6) is -1.30. The van der Waals surface area contributed by atoms with Crippen molar-refractivity contribution in [3.8, 4) is 0 Å². The molecule has 1 heterocycles. The van der Waals surface area contributed by atoms with Crippen LogP contribution in [0.1, 0.15) is 16.1 Å². The molecule has 3 nitrogen and oxygen atoms in total. The summed E-state index contributed by atoms with van der Waals surface area (Å²) in [5, 5.41) is 10.4. The molecule has 0 unspecified atom stereocenters. The van der Waals surface area contributed by atoms with Crippen LogP contribution in [0.4, 0.5) is 4.39 Å². The van der Waals surface area contributed by atoms with E-state index < -0.39 is 16.0 Å². The molecule has 0 spiro atoms. The molecule has 0 bridgehead atoms. The van der Waals surface area contributed by atoms with Crippen molar-refractivity contribution >= 4 is 26.9 Å². The third kappa shape index (κ3) is 3.17. The number of carboxylic acid groups (broad SMARTS) is 1. The molecule has 126 valence electrons. The summed E-state index contributed by atoms with van der Waals surface area (Å²) < 4.78 is 15.2. The Morgan fingerprint density at radius 3 is 2.50 bits per heavy atom. The van der Waals surface area contributed by atoms with Gasteiger partial charge in [0.05, 0.1) is 0 Å². The van der Waals surface area contributed by atoms with Gasteiger partial charge in [-0.25, -0.2) is 19.2 Å². The van der Waals surface area contributed by atoms with Gasteiger partial charge in [-0.2, -0.15) is 0 Å². The highest BCUT2D eigenvalue weighted by Crippen LogP contribution is 2.46. The maximum Gasteiger partial charge on any atom is 0.352 e. The van der Waals surface area contributed by atoms with Crippen molar-refractivity contribution in [1.82, 2.24) is 4.57 Å². The second-order valence-corrected chi connectivity index (χ2v) is 10.8. The van der Waals surface area contributed by atoms with Gasteiger partial charge < -0.3 is 9.67 Å². The summed E-state index contributed by atoms with van der Waals surface area (Å²) in [7, 11) is -0.889. The summed E-state index contributed by atoms with van der Waals surface area (Å²) >= 11 is 0. The SMILES string of the molecule is CS(C)(C)c1ccc2c(c1)cc(C(=O)O)n2Cc1cccc(F)c1. The van der Waals surface area contributed by atoms with Crippen molar-refractivity contribution in [3.05, 3.63) is 65.6 Å². The topological polar surface area (TPSA) is 42.2 Å². The maximum atomic E-state index is 13.4. The first-order chi connectivity index (χ1) is 11.3. The normalized spacial score (nSPS) is 12.5. The highest BCUT2D eigenvalue weighted by Gasteiger charge is 2.17. The summed E-state index contributed by atoms with van der Waals surface area (Å²) in [4.78, 5) is 12.9. The lowest BCUT2D eigenvalue weighted by atomic mass is 10.2. The largest absolute Gasteiger partial charge is 0.477 e. The number of aromatic nitrogens is 1. The van der Waals surface area contributed by atoms with Gasteiger partial charge in [-0.15, -0.1) is 0 Å². The summed E-state index contributed by atoms with van der Waals surface area (Å²) in [6, 6.07) is 14.1. The summed E-state index contributed by atoms with van der Waals surface area (Å²) in [6.07, 6.45) is 6.61. The van der Waals surface area contributed by atoms with Crippen molar-refractivity contribution in [2.75, 3.05) is 18.8 Å². The predicted octanol–water partition coefficient (Wildman–Crippen LogP) is 4.58. The molecule has 0 saturated heterocycles. The Morgan fingerprint density at radius 1 is 1.12 bits per heavy atom. The molecule has 0 radical (unpaired) electrons. The Morgan fingerprint density at radius 2 is 1.88 bits per heavy atom.